The second kappa shape index (κ2) is 11.7. The highest BCUT2D eigenvalue weighted by atomic mass is 15.0. The lowest BCUT2D eigenvalue weighted by atomic mass is 9.89. The van der Waals surface area contributed by atoms with E-state index in [-0.39, 0.29) is 23.5 Å². The van der Waals surface area contributed by atoms with Crippen LogP contribution in [0.15, 0.2) is 176 Å². The third-order valence-electron chi connectivity index (χ3n) is 8.81. The van der Waals surface area contributed by atoms with Crippen molar-refractivity contribution in [1.29, 1.82) is 0 Å². The summed E-state index contributed by atoms with van der Waals surface area (Å²) >= 11 is 0. The van der Waals surface area contributed by atoms with E-state index in [0.29, 0.717) is 17.2 Å². The molecule has 0 fully saturated rings. The van der Waals surface area contributed by atoms with Crippen LogP contribution in [0.25, 0.3) is 88.7 Å². The van der Waals surface area contributed by atoms with Gasteiger partial charge in [0.1, 0.15) is 0 Å². The summed E-state index contributed by atoms with van der Waals surface area (Å²) in [7, 11) is 0. The minimum absolute atomic E-state index is 0.000803. The molecule has 0 amide bonds. The van der Waals surface area contributed by atoms with E-state index in [1.165, 1.54) is 16.2 Å². The highest BCUT2D eigenvalue weighted by Crippen LogP contribution is 2.40. The average Bonchev–Trinajstić information content (AvgIpc) is 3.21. The predicted octanol–water partition coefficient (Wildman–Crippen LogP) is 11.7. The van der Waals surface area contributed by atoms with Crippen molar-refractivity contribution in [1.82, 2.24) is 15.0 Å². The topological polar surface area (TPSA) is 38.7 Å². The minimum Gasteiger partial charge on any atom is -0.208 e. The van der Waals surface area contributed by atoms with Gasteiger partial charge in [-0.3, -0.25) is 0 Å². The summed E-state index contributed by atoms with van der Waals surface area (Å²) in [6.07, 6.45) is 0. The molecule has 9 rings (SSSR count). The molecule has 0 atom stereocenters. The van der Waals surface area contributed by atoms with Gasteiger partial charge in [0.05, 0.1) is 6.85 Å². The van der Waals surface area contributed by atoms with Gasteiger partial charge in [-0.1, -0.05) is 170 Å². The highest BCUT2D eigenvalue weighted by Gasteiger charge is 2.17. The van der Waals surface area contributed by atoms with E-state index in [9.17, 15) is 0 Å². The first-order valence-corrected chi connectivity index (χ1v) is 15.8. The molecular formula is C45H29N3. The maximum atomic E-state index is 8.73. The van der Waals surface area contributed by atoms with Gasteiger partial charge in [-0.25, -0.2) is 15.0 Å². The van der Waals surface area contributed by atoms with Crippen LogP contribution >= 0.6 is 0 Å². The molecule has 0 aliphatic carbocycles. The van der Waals surface area contributed by atoms with E-state index in [1.54, 1.807) is 0 Å². The van der Waals surface area contributed by atoms with Gasteiger partial charge in [0.25, 0.3) is 0 Å². The molecule has 0 unspecified atom stereocenters. The van der Waals surface area contributed by atoms with Gasteiger partial charge >= 0.3 is 0 Å². The van der Waals surface area contributed by atoms with Gasteiger partial charge in [-0.2, -0.15) is 0 Å². The first-order chi connectivity index (χ1) is 25.9. The summed E-state index contributed by atoms with van der Waals surface area (Å²) in [5.74, 6) is 0.646. The van der Waals surface area contributed by atoms with Crippen LogP contribution in [0.1, 0.15) is 6.85 Å². The number of aromatic nitrogens is 3. The molecule has 8 aromatic carbocycles. The quantitative estimate of drug-likeness (QED) is 0.143. The van der Waals surface area contributed by atoms with Crippen LogP contribution in [0.5, 0.6) is 0 Å². The molecule has 3 nitrogen and oxygen atoms in total. The summed E-state index contributed by atoms with van der Waals surface area (Å²) in [5.41, 5.74) is 5.35. The van der Waals surface area contributed by atoms with E-state index >= 15 is 0 Å². The molecular weight excluding hydrogens is 583 g/mol. The standard InChI is InChI=1S/C45H29N3/c1-3-13-30(14-4-1)36-19-11-12-22-40(36)45-47-43(33-16-5-2-6-17-33)46-44(48-45)34-25-23-32(24-26-34)42-38-21-10-8-18-35(38)29-41-37-20-9-7-15-31(37)27-28-39(41)42/h1-29H/i2D,5D,6D,16D,17D. The summed E-state index contributed by atoms with van der Waals surface area (Å²) in [5, 5.41) is 7.01. The maximum Gasteiger partial charge on any atom is 0.164 e. The van der Waals surface area contributed by atoms with Gasteiger partial charge in [0.15, 0.2) is 17.5 Å². The van der Waals surface area contributed by atoms with Crippen LogP contribution in [0.3, 0.4) is 0 Å². The number of hydrogen-bond donors (Lipinski definition) is 0. The van der Waals surface area contributed by atoms with Crippen molar-refractivity contribution >= 4 is 32.3 Å². The van der Waals surface area contributed by atoms with E-state index in [0.717, 1.165) is 44.0 Å². The van der Waals surface area contributed by atoms with Crippen molar-refractivity contribution in [3.05, 3.63) is 176 Å². The summed E-state index contributed by atoms with van der Waals surface area (Å²) in [6, 6.07) is 47.1. The zero-order valence-electron chi connectivity index (χ0n) is 30.7. The smallest absolute Gasteiger partial charge is 0.164 e. The SMILES string of the molecule is [2H]c1c([2H])c([2H])c(-c2nc(-c3ccc(-c4c5ccccc5cc5c4ccc4ccccc45)cc3)nc(-c3ccccc3-c3ccccc3)n2)c([2H])c1[2H]. The zero-order chi connectivity index (χ0) is 36.2. The van der Waals surface area contributed by atoms with Crippen molar-refractivity contribution in [3.8, 4) is 56.4 Å². The molecule has 0 aliphatic heterocycles. The van der Waals surface area contributed by atoms with E-state index in [1.807, 2.05) is 66.7 Å². The lowest BCUT2D eigenvalue weighted by molar-refractivity contribution is 1.07. The van der Waals surface area contributed by atoms with Crippen LogP contribution in [-0.2, 0) is 0 Å². The molecule has 0 saturated heterocycles. The summed E-state index contributed by atoms with van der Waals surface area (Å²) < 4.78 is 42.3. The Kier molecular flexibility index (Phi) is 5.61. The van der Waals surface area contributed by atoms with Crippen LogP contribution < -0.4 is 0 Å². The van der Waals surface area contributed by atoms with Crippen LogP contribution in [-0.4, -0.2) is 15.0 Å². The number of hydrogen-bond acceptors (Lipinski definition) is 3. The number of fused-ring (bicyclic) bond motifs is 4. The van der Waals surface area contributed by atoms with Crippen molar-refractivity contribution < 1.29 is 6.85 Å². The molecule has 0 N–H and O–H groups in total. The van der Waals surface area contributed by atoms with Crippen LogP contribution in [0.4, 0.5) is 0 Å². The first-order valence-electron chi connectivity index (χ1n) is 18.3. The Bertz CT molecular complexity index is 2860. The first kappa shape index (κ1) is 23.0. The molecule has 3 heteroatoms. The van der Waals surface area contributed by atoms with Crippen LogP contribution in [0, 0.1) is 0 Å². The fourth-order valence-corrected chi connectivity index (χ4v) is 6.56. The van der Waals surface area contributed by atoms with Crippen molar-refractivity contribution in [3.63, 3.8) is 0 Å². The maximum absolute atomic E-state index is 8.73. The van der Waals surface area contributed by atoms with Crippen molar-refractivity contribution in [2.45, 2.75) is 0 Å². The number of nitrogens with zero attached hydrogens (tertiary/aromatic N) is 3. The van der Waals surface area contributed by atoms with Crippen molar-refractivity contribution in [2.75, 3.05) is 0 Å². The minimum atomic E-state index is -0.475. The molecule has 0 bridgehead atoms. The lowest BCUT2D eigenvalue weighted by Gasteiger charge is -2.15. The molecule has 0 spiro atoms. The van der Waals surface area contributed by atoms with E-state index < -0.39 is 18.1 Å². The largest absolute Gasteiger partial charge is 0.208 e. The Labute approximate surface area is 285 Å². The number of rotatable bonds is 5. The number of benzene rings is 8. The molecule has 0 aliphatic rings. The summed E-state index contributed by atoms with van der Waals surface area (Å²) in [4.78, 5) is 14.5. The third-order valence-corrected chi connectivity index (χ3v) is 8.81. The van der Waals surface area contributed by atoms with Gasteiger partial charge in [-0.15, -0.1) is 0 Å². The molecule has 0 saturated carbocycles. The zero-order valence-corrected chi connectivity index (χ0v) is 25.7. The molecule has 1 aromatic heterocycles. The summed E-state index contributed by atoms with van der Waals surface area (Å²) in [6.45, 7) is 0. The van der Waals surface area contributed by atoms with Crippen molar-refractivity contribution in [2.24, 2.45) is 0 Å². The monoisotopic (exact) mass is 616 g/mol. The van der Waals surface area contributed by atoms with Gasteiger partial charge in [-0.05, 0) is 60.6 Å². The molecule has 0 radical (unpaired) electrons. The predicted molar refractivity (Wildman–Crippen MR) is 200 cm³/mol. The van der Waals surface area contributed by atoms with E-state index in [4.69, 9.17) is 21.8 Å². The van der Waals surface area contributed by atoms with E-state index in [2.05, 4.69) is 78.9 Å². The van der Waals surface area contributed by atoms with Gasteiger partial charge in [0.2, 0.25) is 0 Å². The second-order valence-corrected chi connectivity index (χ2v) is 11.6. The molecule has 1 heterocycles. The molecule has 48 heavy (non-hydrogen) atoms. The lowest BCUT2D eigenvalue weighted by Crippen LogP contribution is -2.01. The fourth-order valence-electron chi connectivity index (χ4n) is 6.56. The Balaban J connectivity index is 1.25. The third kappa shape index (κ3) is 4.90. The Morgan fingerprint density at radius 3 is 1.75 bits per heavy atom. The second-order valence-electron chi connectivity index (χ2n) is 11.6. The Morgan fingerprint density at radius 2 is 0.958 bits per heavy atom. The van der Waals surface area contributed by atoms with Gasteiger partial charge < -0.3 is 0 Å². The fraction of sp³-hybridized carbons (Fsp3) is 0. The Morgan fingerprint density at radius 1 is 0.354 bits per heavy atom. The normalized spacial score (nSPS) is 12.8. The molecule has 224 valence electrons. The Hall–Kier alpha value is -6.45. The van der Waals surface area contributed by atoms with Gasteiger partial charge in [0, 0.05) is 16.7 Å². The van der Waals surface area contributed by atoms with Crippen LogP contribution in [0.2, 0.25) is 0 Å². The average molecular weight is 617 g/mol. The molecule has 9 aromatic rings. The highest BCUT2D eigenvalue weighted by molar-refractivity contribution is 6.20.